The van der Waals surface area contributed by atoms with Crippen LogP contribution in [0.1, 0.15) is 6.92 Å². The first-order chi connectivity index (χ1) is 6.17. The molecule has 0 aliphatic carbocycles. The molecule has 1 heterocycles. The van der Waals surface area contributed by atoms with E-state index in [0.717, 1.165) is 0 Å². The Morgan fingerprint density at radius 3 is 2.62 bits per heavy atom. The average molecular weight is 264 g/mol. The van der Waals surface area contributed by atoms with Gasteiger partial charge in [0.15, 0.2) is 0 Å². The van der Waals surface area contributed by atoms with Gasteiger partial charge in [-0.2, -0.15) is 0 Å². The van der Waals surface area contributed by atoms with E-state index in [9.17, 15) is 0 Å². The van der Waals surface area contributed by atoms with Crippen LogP contribution in [-0.4, -0.2) is 4.98 Å². The summed E-state index contributed by atoms with van der Waals surface area (Å²) >= 11 is -1.67. The van der Waals surface area contributed by atoms with E-state index in [2.05, 4.69) is 51.1 Å². The predicted molar refractivity (Wildman–Crippen MR) is 56.1 cm³/mol. The van der Waals surface area contributed by atoms with Crippen molar-refractivity contribution in [1.29, 1.82) is 0 Å². The van der Waals surface area contributed by atoms with Crippen molar-refractivity contribution in [3.63, 3.8) is 0 Å². The Balaban J connectivity index is 2.77. The molecule has 1 aromatic rings. The van der Waals surface area contributed by atoms with Gasteiger partial charge >= 0.3 is 83.2 Å². The molecule has 13 heavy (non-hydrogen) atoms. The summed E-state index contributed by atoms with van der Waals surface area (Å²) in [6, 6.07) is 4.26. The second-order valence-corrected chi connectivity index (χ2v) is 10.6. The van der Waals surface area contributed by atoms with E-state index in [1.165, 1.54) is 4.29 Å². The summed E-state index contributed by atoms with van der Waals surface area (Å²) in [6.45, 7) is 2.04. The summed E-state index contributed by atoms with van der Waals surface area (Å²) in [5, 5.41) is 0. The van der Waals surface area contributed by atoms with Crippen LogP contribution in [0.2, 0.25) is 11.0 Å². The third-order valence-electron chi connectivity index (χ3n) is 1.71. The Kier molecular flexibility index (Phi) is 3.68. The summed E-state index contributed by atoms with van der Waals surface area (Å²) in [7, 11) is 0. The topological polar surface area (TPSA) is 15.8 Å². The van der Waals surface area contributed by atoms with Crippen molar-refractivity contribution in [2.24, 2.45) is 0 Å². The van der Waals surface area contributed by atoms with E-state index >= 15 is 0 Å². The Bertz CT molecular complexity index is 294. The SMILES string of the molecule is CC=CC=[CH][Ru]([CH3])([CH3])[c]1ccc[nH]1. The van der Waals surface area contributed by atoms with Crippen LogP contribution >= 0.6 is 0 Å². The molecular weight excluding hydrogens is 247 g/mol. The van der Waals surface area contributed by atoms with Gasteiger partial charge in [0.25, 0.3) is 0 Å². The first kappa shape index (κ1) is 10.5. The van der Waals surface area contributed by atoms with Gasteiger partial charge in [-0.25, -0.2) is 0 Å². The Morgan fingerprint density at radius 2 is 2.08 bits per heavy atom. The Morgan fingerprint density at radius 1 is 1.31 bits per heavy atom. The maximum atomic E-state index is 3.30. The molecule has 1 N–H and O–H groups in total. The van der Waals surface area contributed by atoms with Crippen molar-refractivity contribution in [1.82, 2.24) is 4.98 Å². The first-order valence-corrected chi connectivity index (χ1v) is 9.51. The number of hydrogen-bond acceptors (Lipinski definition) is 0. The van der Waals surface area contributed by atoms with E-state index in [1.807, 2.05) is 13.1 Å². The number of aromatic nitrogens is 1. The molecule has 0 atom stereocenters. The molecule has 0 fully saturated rings. The van der Waals surface area contributed by atoms with Gasteiger partial charge in [0.1, 0.15) is 0 Å². The molecule has 0 saturated heterocycles. The summed E-state index contributed by atoms with van der Waals surface area (Å²) < 4.78 is 3.78. The fourth-order valence-corrected chi connectivity index (χ4v) is 4.02. The number of nitrogens with one attached hydrogen (secondary N) is 1. The molecule has 2 heteroatoms. The maximum absolute atomic E-state index is 3.30. The monoisotopic (exact) mass is 265 g/mol. The third-order valence-corrected chi connectivity index (χ3v) is 6.45. The second kappa shape index (κ2) is 4.57. The van der Waals surface area contributed by atoms with Gasteiger partial charge in [-0.1, -0.05) is 0 Å². The minimum absolute atomic E-state index is 1.41. The summed E-state index contributed by atoms with van der Waals surface area (Å²) in [5.41, 5.74) is 4.73. The van der Waals surface area contributed by atoms with Crippen molar-refractivity contribution in [2.45, 2.75) is 18.0 Å². The fourth-order valence-electron chi connectivity index (χ4n) is 0.971. The molecule has 1 rings (SSSR count). The molecule has 0 saturated carbocycles. The van der Waals surface area contributed by atoms with Gasteiger partial charge in [0.2, 0.25) is 0 Å². The van der Waals surface area contributed by atoms with E-state index in [1.54, 1.807) is 0 Å². The second-order valence-electron chi connectivity index (χ2n) is 3.06. The zero-order valence-corrected chi connectivity index (χ0v) is 10.1. The van der Waals surface area contributed by atoms with Crippen LogP contribution in [0, 0.1) is 0 Å². The molecule has 0 aromatic carbocycles. The number of rotatable bonds is 3. The van der Waals surface area contributed by atoms with Crippen molar-refractivity contribution in [3.8, 4) is 0 Å². The standard InChI is InChI=1S/C5H7.C4H4N.2CH3.Ru/c1-3-5-4-2;1-2-4-5-3-1;;;/h1,3-5H,2H3;1-3,5H;2*1H3;. The van der Waals surface area contributed by atoms with E-state index < -0.39 is 14.8 Å². The number of allylic oxidation sites excluding steroid dienone is 3. The molecule has 1 nitrogen and oxygen atoms in total. The van der Waals surface area contributed by atoms with Gasteiger partial charge in [-0.05, 0) is 0 Å². The van der Waals surface area contributed by atoms with Crippen molar-refractivity contribution < 1.29 is 14.8 Å². The average Bonchev–Trinajstić information content (AvgIpc) is 2.56. The van der Waals surface area contributed by atoms with E-state index in [4.69, 9.17) is 0 Å². The molecule has 0 unspecified atom stereocenters. The van der Waals surface area contributed by atoms with Crippen LogP contribution in [0.25, 0.3) is 0 Å². The fraction of sp³-hybridized carbons (Fsp3) is 0.273. The number of aromatic amines is 1. The van der Waals surface area contributed by atoms with Gasteiger partial charge in [-0.3, -0.25) is 0 Å². The number of hydrogen-bond donors (Lipinski definition) is 1. The van der Waals surface area contributed by atoms with Crippen molar-refractivity contribution in [2.75, 3.05) is 0 Å². The van der Waals surface area contributed by atoms with Gasteiger partial charge in [-0.15, -0.1) is 0 Å². The molecular formula is C11H17NRu. The predicted octanol–water partition coefficient (Wildman–Crippen LogP) is 2.98. The van der Waals surface area contributed by atoms with E-state index in [0.29, 0.717) is 0 Å². The van der Waals surface area contributed by atoms with Crippen LogP contribution in [-0.2, 0) is 14.8 Å². The summed E-state index contributed by atoms with van der Waals surface area (Å²) in [4.78, 5) is 3.30. The summed E-state index contributed by atoms with van der Waals surface area (Å²) in [5.74, 6) is 0. The molecule has 0 bridgehead atoms. The molecule has 0 radical (unpaired) electrons. The van der Waals surface area contributed by atoms with Gasteiger partial charge in [0, 0.05) is 0 Å². The van der Waals surface area contributed by atoms with Crippen molar-refractivity contribution >= 4 is 4.29 Å². The Labute approximate surface area is 83.4 Å². The molecule has 0 amide bonds. The zero-order valence-electron chi connectivity index (χ0n) is 8.40. The van der Waals surface area contributed by atoms with Gasteiger partial charge in [0.05, 0.1) is 0 Å². The normalized spacial score (nSPS) is 14.4. The van der Waals surface area contributed by atoms with Crippen LogP contribution in [0.15, 0.2) is 41.2 Å². The van der Waals surface area contributed by atoms with Gasteiger partial charge < -0.3 is 0 Å². The van der Waals surface area contributed by atoms with Crippen LogP contribution in [0.5, 0.6) is 0 Å². The first-order valence-electron chi connectivity index (χ1n) is 4.16. The van der Waals surface area contributed by atoms with Crippen LogP contribution in [0.3, 0.4) is 0 Å². The molecule has 1 aromatic heterocycles. The van der Waals surface area contributed by atoms with Crippen molar-refractivity contribution in [3.05, 3.63) is 41.2 Å². The molecule has 0 aliphatic heterocycles. The minimum atomic E-state index is -1.67. The van der Waals surface area contributed by atoms with Crippen LogP contribution in [0.4, 0.5) is 0 Å². The number of H-pyrrole nitrogens is 1. The third kappa shape index (κ3) is 2.97. The molecule has 0 spiro atoms. The molecule has 74 valence electrons. The summed E-state index contributed by atoms with van der Waals surface area (Å²) in [6.07, 6.45) is 8.31. The van der Waals surface area contributed by atoms with Crippen LogP contribution < -0.4 is 4.29 Å². The Hall–Kier alpha value is -0.617. The quantitative estimate of drug-likeness (QED) is 0.638. The van der Waals surface area contributed by atoms with E-state index in [-0.39, 0.29) is 0 Å². The zero-order chi connectivity index (χ0) is 9.73. The molecule has 0 aliphatic rings.